The molecule has 0 aliphatic heterocycles. The number of amides is 2. The number of nitrogens with one attached hydrogen (secondary N) is 2. The van der Waals surface area contributed by atoms with Gasteiger partial charge in [0.1, 0.15) is 5.41 Å². The molecule has 0 heterocycles. The van der Waals surface area contributed by atoms with Gasteiger partial charge in [-0.05, 0) is 37.5 Å². The maximum Gasteiger partial charge on any atom is 0.240 e. The lowest BCUT2D eigenvalue weighted by atomic mass is 10.0. The zero-order valence-electron chi connectivity index (χ0n) is 10.8. The Kier molecular flexibility index (Phi) is 4.24. The van der Waals surface area contributed by atoms with Crippen LogP contribution >= 0.6 is 15.9 Å². The molecule has 4 nitrogen and oxygen atoms in total. The van der Waals surface area contributed by atoms with Crippen LogP contribution in [0.3, 0.4) is 0 Å². The highest BCUT2D eigenvalue weighted by atomic mass is 79.9. The van der Waals surface area contributed by atoms with E-state index in [4.69, 9.17) is 0 Å². The summed E-state index contributed by atoms with van der Waals surface area (Å²) in [5.74, 6) is -0.360. The number of rotatable bonds is 5. The van der Waals surface area contributed by atoms with Gasteiger partial charge in [-0.1, -0.05) is 28.9 Å². The second-order valence-electron chi connectivity index (χ2n) is 4.80. The number of benzene rings is 1. The standard InChI is InChI=1S/C14H17BrN2O2/c1-2-8-16-12(18)14(6-7-14)13(19)17-11-5-3-4-10(15)9-11/h3-5,9H,2,6-8H2,1H3,(H,16,18)(H,17,19). The monoisotopic (exact) mass is 324 g/mol. The molecule has 1 saturated carbocycles. The van der Waals surface area contributed by atoms with Crippen LogP contribution in [0, 0.1) is 5.41 Å². The summed E-state index contributed by atoms with van der Waals surface area (Å²) in [4.78, 5) is 24.2. The predicted molar refractivity (Wildman–Crippen MR) is 77.7 cm³/mol. The molecule has 1 aromatic carbocycles. The van der Waals surface area contributed by atoms with Crippen LogP contribution in [0.2, 0.25) is 0 Å². The second-order valence-corrected chi connectivity index (χ2v) is 5.72. The molecule has 19 heavy (non-hydrogen) atoms. The molecule has 1 aromatic rings. The van der Waals surface area contributed by atoms with E-state index in [1.54, 1.807) is 0 Å². The number of hydrogen-bond donors (Lipinski definition) is 2. The summed E-state index contributed by atoms with van der Waals surface area (Å²) in [6.07, 6.45) is 2.12. The highest BCUT2D eigenvalue weighted by molar-refractivity contribution is 9.10. The minimum atomic E-state index is -0.850. The van der Waals surface area contributed by atoms with E-state index < -0.39 is 5.41 Å². The van der Waals surface area contributed by atoms with Gasteiger partial charge >= 0.3 is 0 Å². The molecule has 5 heteroatoms. The van der Waals surface area contributed by atoms with Crippen LogP contribution in [0.4, 0.5) is 5.69 Å². The van der Waals surface area contributed by atoms with Crippen molar-refractivity contribution in [3.8, 4) is 0 Å². The number of carbonyl (C=O) groups excluding carboxylic acids is 2. The molecular formula is C14H17BrN2O2. The zero-order valence-corrected chi connectivity index (χ0v) is 12.4. The van der Waals surface area contributed by atoms with Crippen LogP contribution < -0.4 is 10.6 Å². The molecule has 0 bridgehead atoms. The second kappa shape index (κ2) is 5.74. The first-order valence-corrected chi connectivity index (χ1v) is 7.23. The van der Waals surface area contributed by atoms with E-state index in [1.807, 2.05) is 31.2 Å². The van der Waals surface area contributed by atoms with Crippen molar-refractivity contribution in [1.82, 2.24) is 5.32 Å². The zero-order chi connectivity index (χ0) is 13.9. The van der Waals surface area contributed by atoms with Gasteiger partial charge in [0.2, 0.25) is 11.8 Å². The topological polar surface area (TPSA) is 58.2 Å². The Bertz CT molecular complexity index is 498. The van der Waals surface area contributed by atoms with Gasteiger partial charge in [0.05, 0.1) is 0 Å². The van der Waals surface area contributed by atoms with Gasteiger partial charge in [-0.3, -0.25) is 9.59 Å². The molecule has 1 aliphatic rings. The molecule has 0 aromatic heterocycles. The Morgan fingerprint density at radius 1 is 1.32 bits per heavy atom. The van der Waals surface area contributed by atoms with E-state index in [-0.39, 0.29) is 11.8 Å². The summed E-state index contributed by atoms with van der Waals surface area (Å²) in [5, 5.41) is 5.62. The number of halogens is 1. The molecule has 1 aliphatic carbocycles. The Morgan fingerprint density at radius 3 is 2.63 bits per heavy atom. The molecule has 1 fully saturated rings. The van der Waals surface area contributed by atoms with Gasteiger partial charge in [-0.2, -0.15) is 0 Å². The largest absolute Gasteiger partial charge is 0.355 e. The molecule has 0 unspecified atom stereocenters. The van der Waals surface area contributed by atoms with Crippen molar-refractivity contribution in [2.24, 2.45) is 5.41 Å². The van der Waals surface area contributed by atoms with Crippen molar-refractivity contribution in [2.45, 2.75) is 26.2 Å². The quantitative estimate of drug-likeness (QED) is 0.818. The highest BCUT2D eigenvalue weighted by Crippen LogP contribution is 2.46. The average molecular weight is 325 g/mol. The van der Waals surface area contributed by atoms with Crippen molar-refractivity contribution in [3.05, 3.63) is 28.7 Å². The fourth-order valence-corrected chi connectivity index (χ4v) is 2.31. The normalized spacial score (nSPS) is 15.7. The molecule has 2 N–H and O–H groups in total. The molecule has 2 rings (SSSR count). The molecule has 102 valence electrons. The van der Waals surface area contributed by atoms with Gasteiger partial charge in [0.25, 0.3) is 0 Å². The van der Waals surface area contributed by atoms with E-state index in [1.165, 1.54) is 0 Å². The third-order valence-corrected chi connectivity index (χ3v) is 3.73. The highest BCUT2D eigenvalue weighted by Gasteiger charge is 2.56. The number of carbonyl (C=O) groups is 2. The number of hydrogen-bond acceptors (Lipinski definition) is 2. The maximum absolute atomic E-state index is 12.2. The fourth-order valence-electron chi connectivity index (χ4n) is 1.91. The SMILES string of the molecule is CCCNC(=O)C1(C(=O)Nc2cccc(Br)c2)CC1. The van der Waals surface area contributed by atoms with E-state index in [2.05, 4.69) is 26.6 Å². The van der Waals surface area contributed by atoms with Crippen molar-refractivity contribution in [1.29, 1.82) is 0 Å². The van der Waals surface area contributed by atoms with Crippen LogP contribution in [0.15, 0.2) is 28.7 Å². The van der Waals surface area contributed by atoms with Gasteiger partial charge in [0, 0.05) is 16.7 Å². The van der Waals surface area contributed by atoms with Gasteiger partial charge < -0.3 is 10.6 Å². The average Bonchev–Trinajstić information content (AvgIpc) is 3.17. The van der Waals surface area contributed by atoms with E-state index >= 15 is 0 Å². The Morgan fingerprint density at radius 2 is 2.05 bits per heavy atom. The van der Waals surface area contributed by atoms with Crippen LogP contribution in [0.25, 0.3) is 0 Å². The lowest BCUT2D eigenvalue weighted by molar-refractivity contribution is -0.134. The van der Waals surface area contributed by atoms with Crippen LogP contribution in [0.5, 0.6) is 0 Å². The third kappa shape index (κ3) is 3.15. The lowest BCUT2D eigenvalue weighted by Gasteiger charge is -2.15. The van der Waals surface area contributed by atoms with Crippen LogP contribution in [-0.4, -0.2) is 18.4 Å². The van der Waals surface area contributed by atoms with Crippen molar-refractivity contribution < 1.29 is 9.59 Å². The van der Waals surface area contributed by atoms with Crippen LogP contribution in [-0.2, 0) is 9.59 Å². The lowest BCUT2D eigenvalue weighted by Crippen LogP contribution is -2.40. The Hall–Kier alpha value is -1.36. The summed E-state index contributed by atoms with van der Waals surface area (Å²) in [5.41, 5.74) is -0.147. The van der Waals surface area contributed by atoms with E-state index in [0.29, 0.717) is 25.1 Å². The summed E-state index contributed by atoms with van der Waals surface area (Å²) < 4.78 is 0.894. The third-order valence-electron chi connectivity index (χ3n) is 3.24. The van der Waals surface area contributed by atoms with Crippen molar-refractivity contribution in [2.75, 3.05) is 11.9 Å². The molecule has 2 amide bonds. The Balaban J connectivity index is 2.01. The summed E-state index contributed by atoms with van der Waals surface area (Å²) >= 11 is 3.35. The van der Waals surface area contributed by atoms with Gasteiger partial charge in [0.15, 0.2) is 0 Å². The van der Waals surface area contributed by atoms with Gasteiger partial charge in [-0.25, -0.2) is 0 Å². The van der Waals surface area contributed by atoms with Crippen LogP contribution in [0.1, 0.15) is 26.2 Å². The minimum absolute atomic E-state index is 0.151. The predicted octanol–water partition coefficient (Wildman–Crippen LogP) is 2.69. The summed E-state index contributed by atoms with van der Waals surface area (Å²) in [6.45, 7) is 2.60. The smallest absolute Gasteiger partial charge is 0.240 e. The first-order chi connectivity index (χ1) is 9.08. The van der Waals surface area contributed by atoms with E-state index in [9.17, 15) is 9.59 Å². The molecule has 0 radical (unpaired) electrons. The molecule has 0 spiro atoms. The van der Waals surface area contributed by atoms with E-state index in [0.717, 1.165) is 10.9 Å². The summed E-state index contributed by atoms with van der Waals surface area (Å²) in [7, 11) is 0. The van der Waals surface area contributed by atoms with Crippen molar-refractivity contribution in [3.63, 3.8) is 0 Å². The summed E-state index contributed by atoms with van der Waals surface area (Å²) in [6, 6.07) is 7.35. The van der Waals surface area contributed by atoms with Crippen molar-refractivity contribution >= 4 is 33.4 Å². The Labute approximate surface area is 121 Å². The number of anilines is 1. The molecule has 0 atom stereocenters. The first-order valence-electron chi connectivity index (χ1n) is 6.44. The minimum Gasteiger partial charge on any atom is -0.355 e. The maximum atomic E-state index is 12.2. The first kappa shape index (κ1) is 14.1. The molecule has 0 saturated heterocycles. The molecular weight excluding hydrogens is 308 g/mol. The van der Waals surface area contributed by atoms with Gasteiger partial charge in [-0.15, -0.1) is 0 Å². The fraction of sp³-hybridized carbons (Fsp3) is 0.429.